The van der Waals surface area contributed by atoms with E-state index in [0.29, 0.717) is 10.8 Å². The molecule has 0 unspecified atom stereocenters. The van der Waals surface area contributed by atoms with E-state index in [4.69, 9.17) is 4.18 Å². The molecule has 3 aromatic rings. The van der Waals surface area contributed by atoms with Crippen molar-refractivity contribution in [3.63, 3.8) is 0 Å². The van der Waals surface area contributed by atoms with Gasteiger partial charge in [-0.25, -0.2) is 8.42 Å². The van der Waals surface area contributed by atoms with Crippen molar-refractivity contribution < 1.29 is 25.6 Å². The van der Waals surface area contributed by atoms with Gasteiger partial charge in [0.15, 0.2) is 0 Å². The van der Waals surface area contributed by atoms with Gasteiger partial charge in [0, 0.05) is 0 Å². The van der Waals surface area contributed by atoms with Gasteiger partial charge in [0.25, 0.3) is 0 Å². The Morgan fingerprint density at radius 3 is 2.00 bits per heavy atom. The molecule has 0 N–H and O–H groups in total. The Balaban J connectivity index is 1.97. The minimum atomic E-state index is -4.55. The third-order valence-electron chi connectivity index (χ3n) is 3.31. The lowest BCUT2D eigenvalue weighted by atomic mass is 10.1. The summed E-state index contributed by atoms with van der Waals surface area (Å²) in [7, 11) is -8.51. The summed E-state index contributed by atoms with van der Waals surface area (Å²) in [4.78, 5) is -0.321. The van der Waals surface area contributed by atoms with Crippen LogP contribution < -0.4 is 4.18 Å². The van der Waals surface area contributed by atoms with Gasteiger partial charge < -0.3 is 8.74 Å². The first-order valence-electron chi connectivity index (χ1n) is 6.75. The molecule has 0 bridgehead atoms. The largest absolute Gasteiger partial charge is 0.744 e. The molecular weight excluding hydrogens is 352 g/mol. The van der Waals surface area contributed by atoms with Crippen LogP contribution in [0.1, 0.15) is 0 Å². The molecule has 24 heavy (non-hydrogen) atoms. The minimum Gasteiger partial charge on any atom is -0.744 e. The summed E-state index contributed by atoms with van der Waals surface area (Å²) in [5.74, 6) is 0.0871. The van der Waals surface area contributed by atoms with E-state index >= 15 is 0 Å². The molecule has 0 fully saturated rings. The Labute approximate surface area is 139 Å². The van der Waals surface area contributed by atoms with E-state index in [1.54, 1.807) is 18.2 Å². The highest BCUT2D eigenvalue weighted by Crippen LogP contribution is 2.26. The molecule has 6 nitrogen and oxygen atoms in total. The first-order chi connectivity index (χ1) is 11.3. The SMILES string of the molecule is O=S(=O)([O-])c1ccc2cc(OS(=O)(=O)c3ccccc3)ccc2c1. The van der Waals surface area contributed by atoms with Crippen molar-refractivity contribution in [1.29, 1.82) is 0 Å². The summed E-state index contributed by atoms with van der Waals surface area (Å²) in [6.45, 7) is 0. The molecule has 0 atom stereocenters. The van der Waals surface area contributed by atoms with Crippen LogP contribution in [-0.4, -0.2) is 21.4 Å². The van der Waals surface area contributed by atoms with Crippen molar-refractivity contribution in [2.75, 3.05) is 0 Å². The smallest absolute Gasteiger partial charge is 0.339 e. The molecular formula is C16H11O6S2-. The van der Waals surface area contributed by atoms with E-state index in [2.05, 4.69) is 0 Å². The summed E-state index contributed by atoms with van der Waals surface area (Å²) in [5, 5.41) is 1.03. The maximum Gasteiger partial charge on any atom is 0.339 e. The summed E-state index contributed by atoms with van der Waals surface area (Å²) in [6, 6.07) is 15.8. The summed E-state index contributed by atoms with van der Waals surface area (Å²) in [6.07, 6.45) is 0. The second kappa shape index (κ2) is 5.90. The van der Waals surface area contributed by atoms with Gasteiger partial charge in [0.2, 0.25) is 0 Å². The van der Waals surface area contributed by atoms with Crippen LogP contribution in [0.15, 0.2) is 76.5 Å². The van der Waals surface area contributed by atoms with Crippen LogP contribution in [0.25, 0.3) is 10.8 Å². The van der Waals surface area contributed by atoms with Crippen molar-refractivity contribution in [3.05, 3.63) is 66.7 Å². The summed E-state index contributed by atoms with van der Waals surface area (Å²) >= 11 is 0. The molecule has 0 amide bonds. The molecule has 8 heteroatoms. The van der Waals surface area contributed by atoms with Gasteiger partial charge in [0.1, 0.15) is 20.8 Å². The van der Waals surface area contributed by atoms with Crippen molar-refractivity contribution in [1.82, 2.24) is 0 Å². The molecule has 124 valence electrons. The molecule has 0 aliphatic rings. The van der Waals surface area contributed by atoms with Crippen LogP contribution in [-0.2, 0) is 20.2 Å². The van der Waals surface area contributed by atoms with Crippen LogP contribution in [0.5, 0.6) is 5.75 Å². The predicted octanol–water partition coefficient (Wildman–Crippen LogP) is 2.51. The van der Waals surface area contributed by atoms with Gasteiger partial charge in [0.05, 0.1) is 4.90 Å². The number of rotatable bonds is 4. The molecule has 0 radical (unpaired) electrons. The topological polar surface area (TPSA) is 101 Å². The fraction of sp³-hybridized carbons (Fsp3) is 0. The van der Waals surface area contributed by atoms with Crippen molar-refractivity contribution in [3.8, 4) is 5.75 Å². The molecule has 3 rings (SSSR count). The quantitative estimate of drug-likeness (QED) is 0.521. The van der Waals surface area contributed by atoms with Crippen molar-refractivity contribution >= 4 is 31.0 Å². The molecule has 0 saturated heterocycles. The average molecular weight is 363 g/mol. The Morgan fingerprint density at radius 1 is 0.708 bits per heavy atom. The number of fused-ring (bicyclic) bond motifs is 1. The maximum absolute atomic E-state index is 12.2. The Bertz CT molecular complexity index is 1100. The standard InChI is InChI=1S/C16H12O6S2/c17-23(18,19)16-9-7-12-10-14(8-6-13(12)11-16)22-24(20,21)15-4-2-1-3-5-15/h1-11H,(H,17,18,19)/p-1. The van der Waals surface area contributed by atoms with E-state index < -0.39 is 20.2 Å². The van der Waals surface area contributed by atoms with E-state index in [0.717, 1.165) is 0 Å². The van der Waals surface area contributed by atoms with Crippen LogP contribution in [0.2, 0.25) is 0 Å². The third kappa shape index (κ3) is 3.40. The fourth-order valence-corrected chi connectivity index (χ4v) is 3.62. The zero-order valence-corrected chi connectivity index (χ0v) is 13.7. The van der Waals surface area contributed by atoms with E-state index in [1.807, 2.05) is 0 Å². The molecule has 0 saturated carbocycles. The molecule has 0 aliphatic carbocycles. The molecule has 0 spiro atoms. The lowest BCUT2D eigenvalue weighted by molar-refractivity contribution is 0.463. The predicted molar refractivity (Wildman–Crippen MR) is 86.2 cm³/mol. The summed E-state index contributed by atoms with van der Waals surface area (Å²) < 4.78 is 62.5. The van der Waals surface area contributed by atoms with Gasteiger partial charge in [-0.15, -0.1) is 0 Å². The molecule has 0 heterocycles. The Hall–Kier alpha value is -2.42. The fourth-order valence-electron chi connectivity index (χ4n) is 2.17. The van der Waals surface area contributed by atoms with Gasteiger partial charge >= 0.3 is 10.1 Å². The van der Waals surface area contributed by atoms with E-state index in [9.17, 15) is 21.4 Å². The lowest BCUT2D eigenvalue weighted by Gasteiger charge is -2.10. The lowest BCUT2D eigenvalue weighted by Crippen LogP contribution is -2.09. The summed E-state index contributed by atoms with van der Waals surface area (Å²) in [5.41, 5.74) is 0. The maximum atomic E-state index is 12.2. The van der Waals surface area contributed by atoms with Crippen LogP contribution >= 0.6 is 0 Å². The van der Waals surface area contributed by atoms with Crippen LogP contribution in [0.4, 0.5) is 0 Å². The number of hydrogen-bond donors (Lipinski definition) is 0. The zero-order chi connectivity index (χ0) is 17.4. The van der Waals surface area contributed by atoms with Gasteiger partial charge in [-0.1, -0.05) is 30.3 Å². The highest BCUT2D eigenvalue weighted by atomic mass is 32.2. The molecule has 3 aromatic carbocycles. The number of benzene rings is 3. The monoisotopic (exact) mass is 363 g/mol. The van der Waals surface area contributed by atoms with Crippen LogP contribution in [0.3, 0.4) is 0 Å². The second-order valence-electron chi connectivity index (χ2n) is 4.98. The van der Waals surface area contributed by atoms with Crippen LogP contribution in [0, 0.1) is 0 Å². The van der Waals surface area contributed by atoms with Crippen molar-refractivity contribution in [2.45, 2.75) is 9.79 Å². The van der Waals surface area contributed by atoms with E-state index in [-0.39, 0.29) is 15.5 Å². The third-order valence-corrected chi connectivity index (χ3v) is 5.40. The zero-order valence-electron chi connectivity index (χ0n) is 12.1. The Kier molecular flexibility index (Phi) is 4.04. The van der Waals surface area contributed by atoms with Crippen molar-refractivity contribution in [2.24, 2.45) is 0 Å². The normalized spacial score (nSPS) is 12.2. The minimum absolute atomic E-state index is 0.0258. The first kappa shape index (κ1) is 16.4. The van der Waals surface area contributed by atoms with E-state index in [1.165, 1.54) is 48.5 Å². The van der Waals surface area contributed by atoms with Gasteiger partial charge in [-0.3, -0.25) is 0 Å². The number of hydrogen-bond acceptors (Lipinski definition) is 6. The highest BCUT2D eigenvalue weighted by Gasteiger charge is 2.16. The second-order valence-corrected chi connectivity index (χ2v) is 7.90. The molecule has 0 aliphatic heterocycles. The first-order valence-corrected chi connectivity index (χ1v) is 9.57. The highest BCUT2D eigenvalue weighted by molar-refractivity contribution is 7.87. The van der Waals surface area contributed by atoms with Gasteiger partial charge in [-0.2, -0.15) is 8.42 Å². The Morgan fingerprint density at radius 2 is 1.33 bits per heavy atom. The van der Waals surface area contributed by atoms with Gasteiger partial charge in [-0.05, 0) is 47.2 Å². The average Bonchev–Trinajstić information content (AvgIpc) is 2.54. The molecule has 0 aromatic heterocycles.